The number of esters is 1. The summed E-state index contributed by atoms with van der Waals surface area (Å²) in [6.07, 6.45) is 7.81. The van der Waals surface area contributed by atoms with Crippen LogP contribution in [0.4, 0.5) is 0 Å². The second-order valence-corrected chi connectivity index (χ2v) is 5.11. The van der Waals surface area contributed by atoms with Gasteiger partial charge in [0.1, 0.15) is 0 Å². The lowest BCUT2D eigenvalue weighted by Gasteiger charge is -2.18. The second-order valence-electron chi connectivity index (χ2n) is 5.11. The zero-order valence-electron chi connectivity index (χ0n) is 10.9. The van der Waals surface area contributed by atoms with Crippen molar-refractivity contribution in [2.75, 3.05) is 19.7 Å². The maximum atomic E-state index is 11.9. The molecule has 18 heavy (non-hydrogen) atoms. The van der Waals surface area contributed by atoms with Crippen molar-refractivity contribution >= 4 is 11.9 Å². The number of hydrogen-bond donors (Lipinski definition) is 0. The van der Waals surface area contributed by atoms with Crippen molar-refractivity contribution in [3.63, 3.8) is 0 Å². The molecular weight excluding hydrogens is 230 g/mol. The molecule has 1 aliphatic heterocycles. The van der Waals surface area contributed by atoms with E-state index in [1.165, 1.54) is 0 Å². The molecule has 2 aliphatic rings. The maximum Gasteiger partial charge on any atom is 0.311 e. The van der Waals surface area contributed by atoms with Crippen molar-refractivity contribution in [3.8, 4) is 0 Å². The second kappa shape index (κ2) is 6.03. The van der Waals surface area contributed by atoms with Gasteiger partial charge in [0.15, 0.2) is 0 Å². The molecule has 1 heterocycles. The largest absolute Gasteiger partial charge is 0.465 e. The van der Waals surface area contributed by atoms with Crippen LogP contribution < -0.4 is 0 Å². The Morgan fingerprint density at radius 2 is 2.33 bits per heavy atom. The van der Waals surface area contributed by atoms with E-state index < -0.39 is 0 Å². The van der Waals surface area contributed by atoms with Crippen LogP contribution in [0.5, 0.6) is 0 Å². The lowest BCUT2D eigenvalue weighted by atomic mass is 9.95. The molecule has 0 saturated carbocycles. The first-order chi connectivity index (χ1) is 8.70. The van der Waals surface area contributed by atoms with E-state index in [9.17, 15) is 9.59 Å². The van der Waals surface area contributed by atoms with Gasteiger partial charge in [-0.2, -0.15) is 0 Å². The van der Waals surface area contributed by atoms with Gasteiger partial charge in [-0.05, 0) is 32.1 Å². The van der Waals surface area contributed by atoms with Crippen LogP contribution in [-0.4, -0.2) is 36.5 Å². The van der Waals surface area contributed by atoms with Crippen LogP contribution in [0.3, 0.4) is 0 Å². The van der Waals surface area contributed by atoms with Gasteiger partial charge in [-0.25, -0.2) is 0 Å². The van der Waals surface area contributed by atoms with Gasteiger partial charge in [0.05, 0.1) is 12.5 Å². The summed E-state index contributed by atoms with van der Waals surface area (Å²) >= 11 is 0. The number of likely N-dealkylation sites (tertiary alicyclic amines) is 1. The number of rotatable bonds is 4. The third-order valence-electron chi connectivity index (χ3n) is 3.77. The highest BCUT2D eigenvalue weighted by atomic mass is 16.5. The van der Waals surface area contributed by atoms with Crippen LogP contribution in [0.1, 0.15) is 32.6 Å². The molecular formula is C14H21NO3. The van der Waals surface area contributed by atoms with Gasteiger partial charge < -0.3 is 9.64 Å². The highest BCUT2D eigenvalue weighted by Crippen LogP contribution is 2.21. The first-order valence-corrected chi connectivity index (χ1v) is 6.80. The molecule has 2 rings (SSSR count). The van der Waals surface area contributed by atoms with Crippen molar-refractivity contribution in [2.24, 2.45) is 11.8 Å². The molecule has 0 aromatic heterocycles. The topological polar surface area (TPSA) is 46.6 Å². The molecule has 1 saturated heterocycles. The zero-order chi connectivity index (χ0) is 13.0. The smallest absolute Gasteiger partial charge is 0.311 e. The van der Waals surface area contributed by atoms with Gasteiger partial charge in [-0.1, -0.05) is 12.2 Å². The number of hydrogen-bond acceptors (Lipinski definition) is 3. The number of nitrogens with zero attached hydrogens (tertiary/aromatic N) is 1. The standard InChI is InChI=1S/C14H21NO3/c1-2-15-9-12(8-13(15)16)14(17)18-10-11-6-4-3-5-7-11/h3-4,11-12H,2,5-10H2,1H3/t11-,12+/m0/s1. The van der Waals surface area contributed by atoms with Gasteiger partial charge >= 0.3 is 5.97 Å². The summed E-state index contributed by atoms with van der Waals surface area (Å²) in [5, 5.41) is 0. The van der Waals surface area contributed by atoms with Crippen LogP contribution in [0.2, 0.25) is 0 Å². The lowest BCUT2D eigenvalue weighted by molar-refractivity contribution is -0.149. The minimum Gasteiger partial charge on any atom is -0.465 e. The fraction of sp³-hybridized carbons (Fsp3) is 0.714. The quantitative estimate of drug-likeness (QED) is 0.565. The summed E-state index contributed by atoms with van der Waals surface area (Å²) in [5.41, 5.74) is 0. The Morgan fingerprint density at radius 3 is 2.94 bits per heavy atom. The normalized spacial score (nSPS) is 27.6. The van der Waals surface area contributed by atoms with Crippen LogP contribution >= 0.6 is 0 Å². The predicted octanol–water partition coefficient (Wildman–Crippen LogP) is 1.75. The van der Waals surface area contributed by atoms with E-state index in [0.717, 1.165) is 19.3 Å². The molecule has 0 aromatic carbocycles. The Bertz CT molecular complexity index is 351. The molecule has 1 amide bonds. The zero-order valence-corrected chi connectivity index (χ0v) is 10.9. The molecule has 0 N–H and O–H groups in total. The lowest BCUT2D eigenvalue weighted by Crippen LogP contribution is -2.27. The van der Waals surface area contributed by atoms with Crippen molar-refractivity contribution in [1.29, 1.82) is 0 Å². The Hall–Kier alpha value is -1.32. The fourth-order valence-corrected chi connectivity index (χ4v) is 2.56. The van der Waals surface area contributed by atoms with E-state index in [4.69, 9.17) is 4.74 Å². The molecule has 1 aliphatic carbocycles. The molecule has 0 unspecified atom stereocenters. The Morgan fingerprint density at radius 1 is 1.50 bits per heavy atom. The van der Waals surface area contributed by atoms with Gasteiger partial charge in [-0.15, -0.1) is 0 Å². The van der Waals surface area contributed by atoms with Crippen molar-refractivity contribution in [2.45, 2.75) is 32.6 Å². The molecule has 0 bridgehead atoms. The summed E-state index contributed by atoms with van der Waals surface area (Å²) in [6.45, 7) is 3.63. The molecule has 100 valence electrons. The van der Waals surface area contributed by atoms with E-state index in [0.29, 0.717) is 32.0 Å². The number of amides is 1. The van der Waals surface area contributed by atoms with Crippen molar-refractivity contribution in [3.05, 3.63) is 12.2 Å². The van der Waals surface area contributed by atoms with E-state index in [-0.39, 0.29) is 17.8 Å². The number of carbonyl (C=O) groups is 2. The maximum absolute atomic E-state index is 11.9. The first kappa shape index (κ1) is 13.1. The molecule has 4 nitrogen and oxygen atoms in total. The summed E-state index contributed by atoms with van der Waals surface area (Å²) in [6, 6.07) is 0. The van der Waals surface area contributed by atoms with Gasteiger partial charge in [0, 0.05) is 19.5 Å². The van der Waals surface area contributed by atoms with Gasteiger partial charge in [0.2, 0.25) is 5.91 Å². The average molecular weight is 251 g/mol. The third-order valence-corrected chi connectivity index (χ3v) is 3.77. The highest BCUT2D eigenvalue weighted by molar-refractivity contribution is 5.86. The summed E-state index contributed by atoms with van der Waals surface area (Å²) in [7, 11) is 0. The number of ether oxygens (including phenoxy) is 1. The monoisotopic (exact) mass is 251 g/mol. The summed E-state index contributed by atoms with van der Waals surface area (Å²) in [4.78, 5) is 25.1. The Labute approximate surface area is 108 Å². The van der Waals surface area contributed by atoms with Crippen LogP contribution in [0, 0.1) is 11.8 Å². The third kappa shape index (κ3) is 3.12. The van der Waals surface area contributed by atoms with E-state index >= 15 is 0 Å². The van der Waals surface area contributed by atoms with E-state index in [2.05, 4.69) is 12.2 Å². The van der Waals surface area contributed by atoms with E-state index in [1.54, 1.807) is 4.90 Å². The highest BCUT2D eigenvalue weighted by Gasteiger charge is 2.34. The molecule has 4 heteroatoms. The minimum atomic E-state index is -0.253. The first-order valence-electron chi connectivity index (χ1n) is 6.80. The van der Waals surface area contributed by atoms with E-state index in [1.807, 2.05) is 6.92 Å². The molecule has 0 radical (unpaired) electrons. The SMILES string of the molecule is CCN1C[C@H](C(=O)OC[C@H]2CC=CCC2)CC1=O. The van der Waals surface area contributed by atoms with Crippen LogP contribution in [-0.2, 0) is 14.3 Å². The van der Waals surface area contributed by atoms with Crippen molar-refractivity contribution < 1.29 is 14.3 Å². The summed E-state index contributed by atoms with van der Waals surface area (Å²) in [5.74, 6) is 0.0730. The van der Waals surface area contributed by atoms with Gasteiger partial charge in [0.25, 0.3) is 0 Å². The fourth-order valence-electron chi connectivity index (χ4n) is 2.56. The minimum absolute atomic E-state index is 0.0695. The Kier molecular flexibility index (Phi) is 4.39. The molecule has 1 fully saturated rings. The van der Waals surface area contributed by atoms with Gasteiger partial charge in [-0.3, -0.25) is 9.59 Å². The van der Waals surface area contributed by atoms with Crippen LogP contribution in [0.15, 0.2) is 12.2 Å². The number of allylic oxidation sites excluding steroid dienone is 2. The molecule has 0 aromatic rings. The summed E-state index contributed by atoms with van der Waals surface area (Å²) < 4.78 is 5.35. The molecule has 0 spiro atoms. The number of carbonyl (C=O) groups excluding carboxylic acids is 2. The average Bonchev–Trinajstić information content (AvgIpc) is 2.78. The Balaban J connectivity index is 1.75. The predicted molar refractivity (Wildman–Crippen MR) is 67.8 cm³/mol. The van der Waals surface area contributed by atoms with Crippen LogP contribution in [0.25, 0.3) is 0 Å². The van der Waals surface area contributed by atoms with Crippen molar-refractivity contribution in [1.82, 2.24) is 4.90 Å². The molecule has 2 atom stereocenters.